The summed E-state index contributed by atoms with van der Waals surface area (Å²) in [6.07, 6.45) is 3.41. The van der Waals surface area contributed by atoms with Crippen LogP contribution < -0.4 is 10.6 Å². The number of hydrogen-bond acceptors (Lipinski definition) is 3. The summed E-state index contributed by atoms with van der Waals surface area (Å²) in [4.78, 5) is 12.3. The molecule has 0 bridgehead atoms. The van der Waals surface area contributed by atoms with E-state index in [9.17, 15) is 4.79 Å². The molecular weight excluding hydrogens is 228 g/mol. The molecule has 2 N–H and O–H groups in total. The fourth-order valence-corrected chi connectivity index (χ4v) is 2.50. The Kier molecular flexibility index (Phi) is 4.01. The van der Waals surface area contributed by atoms with Gasteiger partial charge in [0.05, 0.1) is 11.3 Å². The van der Waals surface area contributed by atoms with Crippen molar-refractivity contribution in [2.75, 3.05) is 13.1 Å². The molecule has 0 aromatic carbocycles. The minimum absolute atomic E-state index is 0.00630. The number of hydrogen-bond donors (Lipinski definition) is 2. The van der Waals surface area contributed by atoms with Crippen molar-refractivity contribution >= 4 is 5.91 Å². The highest BCUT2D eigenvalue weighted by molar-refractivity contribution is 5.96. The second-order valence-electron chi connectivity index (χ2n) is 5.04. The predicted octanol–water partition coefficient (Wildman–Crippen LogP) is 0.909. The summed E-state index contributed by atoms with van der Waals surface area (Å²) in [6, 6.07) is 0.235. The molecule has 0 spiro atoms. The molecule has 2 rings (SSSR count). The van der Waals surface area contributed by atoms with Gasteiger partial charge in [0, 0.05) is 25.3 Å². The van der Waals surface area contributed by atoms with E-state index >= 15 is 0 Å². The first-order chi connectivity index (χ1) is 8.59. The quantitative estimate of drug-likeness (QED) is 0.820. The molecule has 1 aliphatic heterocycles. The molecule has 1 aliphatic rings. The second-order valence-corrected chi connectivity index (χ2v) is 5.04. The number of aromatic nitrogens is 2. The first kappa shape index (κ1) is 13.1. The van der Waals surface area contributed by atoms with E-state index in [-0.39, 0.29) is 11.9 Å². The van der Waals surface area contributed by atoms with Crippen LogP contribution in [0.15, 0.2) is 0 Å². The van der Waals surface area contributed by atoms with E-state index in [1.165, 1.54) is 12.8 Å². The van der Waals surface area contributed by atoms with E-state index in [4.69, 9.17) is 0 Å². The van der Waals surface area contributed by atoms with E-state index in [0.29, 0.717) is 0 Å². The Bertz CT molecular complexity index is 430. The van der Waals surface area contributed by atoms with Crippen molar-refractivity contribution in [1.82, 2.24) is 20.4 Å². The van der Waals surface area contributed by atoms with Crippen molar-refractivity contribution in [2.45, 2.75) is 39.2 Å². The second kappa shape index (κ2) is 5.52. The number of nitrogens with zero attached hydrogens (tertiary/aromatic N) is 2. The lowest BCUT2D eigenvalue weighted by Gasteiger charge is -2.16. The Morgan fingerprint density at radius 3 is 2.89 bits per heavy atom. The minimum Gasteiger partial charge on any atom is -0.348 e. The van der Waals surface area contributed by atoms with Gasteiger partial charge in [-0.2, -0.15) is 5.10 Å². The highest BCUT2D eigenvalue weighted by Gasteiger charge is 2.20. The summed E-state index contributed by atoms with van der Waals surface area (Å²) in [7, 11) is 1.87. The van der Waals surface area contributed by atoms with Crippen molar-refractivity contribution in [3.05, 3.63) is 17.0 Å². The maximum atomic E-state index is 12.3. The summed E-state index contributed by atoms with van der Waals surface area (Å²) in [5.41, 5.74) is 2.45. The first-order valence-corrected chi connectivity index (χ1v) is 6.61. The van der Waals surface area contributed by atoms with Crippen LogP contribution in [0.4, 0.5) is 0 Å². The van der Waals surface area contributed by atoms with Crippen LogP contribution in [0.2, 0.25) is 0 Å². The molecule has 1 aromatic rings. The molecule has 5 nitrogen and oxygen atoms in total. The third kappa shape index (κ3) is 2.72. The van der Waals surface area contributed by atoms with E-state index < -0.39 is 0 Å². The molecular formula is C13H22N4O. The molecule has 100 valence electrons. The molecule has 0 saturated carbocycles. The highest BCUT2D eigenvalue weighted by Crippen LogP contribution is 2.13. The SMILES string of the molecule is Cc1nn(C)c(C)c1C(=O)NC1CCCCNC1. The molecule has 0 aliphatic carbocycles. The Labute approximate surface area is 108 Å². The lowest BCUT2D eigenvalue weighted by Crippen LogP contribution is -2.41. The van der Waals surface area contributed by atoms with Gasteiger partial charge >= 0.3 is 0 Å². The zero-order chi connectivity index (χ0) is 13.1. The molecule has 5 heteroatoms. The summed E-state index contributed by atoms with van der Waals surface area (Å²) in [5.74, 6) is 0.00630. The lowest BCUT2D eigenvalue weighted by atomic mass is 10.1. The molecule has 1 fully saturated rings. The van der Waals surface area contributed by atoms with Crippen LogP contribution in [0.25, 0.3) is 0 Å². The van der Waals surface area contributed by atoms with Gasteiger partial charge in [0.1, 0.15) is 0 Å². The van der Waals surface area contributed by atoms with Gasteiger partial charge in [-0.3, -0.25) is 9.48 Å². The topological polar surface area (TPSA) is 59.0 Å². The average Bonchev–Trinajstić information content (AvgIpc) is 2.52. The normalized spacial score (nSPS) is 20.5. The number of rotatable bonds is 2. The van der Waals surface area contributed by atoms with Gasteiger partial charge < -0.3 is 10.6 Å². The fourth-order valence-electron chi connectivity index (χ4n) is 2.50. The first-order valence-electron chi connectivity index (χ1n) is 6.61. The molecule has 1 aromatic heterocycles. The van der Waals surface area contributed by atoms with Crippen LogP contribution in [0.1, 0.15) is 41.0 Å². The standard InChI is InChI=1S/C13H22N4O/c1-9-12(10(2)17(3)16-9)13(18)15-11-6-4-5-7-14-8-11/h11,14H,4-8H2,1-3H3,(H,15,18). The maximum absolute atomic E-state index is 12.3. The number of carbonyl (C=O) groups excluding carboxylic acids is 1. The molecule has 0 radical (unpaired) electrons. The number of carbonyl (C=O) groups is 1. The summed E-state index contributed by atoms with van der Waals surface area (Å²) in [6.45, 7) is 5.73. The predicted molar refractivity (Wildman–Crippen MR) is 70.7 cm³/mol. The van der Waals surface area contributed by atoms with Gasteiger partial charge in [0.25, 0.3) is 5.91 Å². The van der Waals surface area contributed by atoms with Gasteiger partial charge in [-0.1, -0.05) is 6.42 Å². The zero-order valence-corrected chi connectivity index (χ0v) is 11.4. The zero-order valence-electron chi connectivity index (χ0n) is 11.4. The molecule has 1 unspecified atom stereocenters. The maximum Gasteiger partial charge on any atom is 0.255 e. The van der Waals surface area contributed by atoms with Crippen LogP contribution in [0, 0.1) is 13.8 Å². The Morgan fingerprint density at radius 2 is 2.22 bits per heavy atom. The van der Waals surface area contributed by atoms with Gasteiger partial charge in [-0.05, 0) is 33.2 Å². The third-order valence-corrected chi connectivity index (χ3v) is 3.62. The Morgan fingerprint density at radius 1 is 1.44 bits per heavy atom. The monoisotopic (exact) mass is 250 g/mol. The summed E-state index contributed by atoms with van der Waals surface area (Å²) < 4.78 is 1.76. The van der Waals surface area contributed by atoms with Crippen molar-refractivity contribution < 1.29 is 4.79 Å². The van der Waals surface area contributed by atoms with E-state index in [0.717, 1.165) is 36.5 Å². The Hall–Kier alpha value is -1.36. The highest BCUT2D eigenvalue weighted by atomic mass is 16.1. The summed E-state index contributed by atoms with van der Waals surface area (Å²) in [5, 5.41) is 10.8. The molecule has 1 amide bonds. The third-order valence-electron chi connectivity index (χ3n) is 3.62. The van der Waals surface area contributed by atoms with E-state index in [1.54, 1.807) is 4.68 Å². The van der Waals surface area contributed by atoms with Gasteiger partial charge in [-0.25, -0.2) is 0 Å². The van der Waals surface area contributed by atoms with Crippen LogP contribution >= 0.6 is 0 Å². The van der Waals surface area contributed by atoms with Gasteiger partial charge in [0.15, 0.2) is 0 Å². The van der Waals surface area contributed by atoms with Gasteiger partial charge in [-0.15, -0.1) is 0 Å². The van der Waals surface area contributed by atoms with Crippen molar-refractivity contribution in [1.29, 1.82) is 0 Å². The van der Waals surface area contributed by atoms with Crippen LogP contribution in [0.3, 0.4) is 0 Å². The van der Waals surface area contributed by atoms with Crippen LogP contribution in [-0.4, -0.2) is 34.8 Å². The van der Waals surface area contributed by atoms with Crippen molar-refractivity contribution in [2.24, 2.45) is 7.05 Å². The number of nitrogens with one attached hydrogen (secondary N) is 2. The molecule has 18 heavy (non-hydrogen) atoms. The van der Waals surface area contributed by atoms with Gasteiger partial charge in [0.2, 0.25) is 0 Å². The minimum atomic E-state index is 0.00630. The largest absolute Gasteiger partial charge is 0.348 e. The molecule has 1 atom stereocenters. The van der Waals surface area contributed by atoms with Crippen molar-refractivity contribution in [3.63, 3.8) is 0 Å². The van der Waals surface area contributed by atoms with Crippen molar-refractivity contribution in [3.8, 4) is 0 Å². The van der Waals surface area contributed by atoms with E-state index in [2.05, 4.69) is 15.7 Å². The average molecular weight is 250 g/mol. The number of amides is 1. The lowest BCUT2D eigenvalue weighted by molar-refractivity contribution is 0.0934. The smallest absolute Gasteiger partial charge is 0.255 e. The fraction of sp³-hybridized carbons (Fsp3) is 0.692. The molecule has 1 saturated heterocycles. The van der Waals surface area contributed by atoms with Crippen LogP contribution in [0.5, 0.6) is 0 Å². The molecule has 2 heterocycles. The van der Waals surface area contributed by atoms with E-state index in [1.807, 2.05) is 20.9 Å². The van der Waals surface area contributed by atoms with Crippen LogP contribution in [-0.2, 0) is 7.05 Å². The number of aryl methyl sites for hydroxylation is 2. The summed E-state index contributed by atoms with van der Waals surface area (Å²) >= 11 is 0. The Balaban J connectivity index is 2.06.